The second-order valence-electron chi connectivity index (χ2n) is 4.19. The minimum atomic E-state index is -2.12. The molecule has 2 rings (SSSR count). The second-order valence-corrected chi connectivity index (χ2v) is 4.93. The van der Waals surface area contributed by atoms with Crippen LogP contribution in [-0.2, 0) is 11.3 Å². The van der Waals surface area contributed by atoms with Gasteiger partial charge in [0.05, 0.1) is 12.1 Å². The average Bonchev–Trinajstić information content (AvgIpc) is 2.46. The third-order valence-electron chi connectivity index (χ3n) is 2.93. The van der Waals surface area contributed by atoms with Gasteiger partial charge in [0, 0.05) is 0 Å². The molecular formula is C14H16N2O2S. The van der Waals surface area contributed by atoms with Gasteiger partial charge in [0.15, 0.2) is 0 Å². The van der Waals surface area contributed by atoms with Crippen LogP contribution >= 0.6 is 0 Å². The zero-order valence-electron chi connectivity index (χ0n) is 10.3. The summed E-state index contributed by atoms with van der Waals surface area (Å²) in [6.07, 6.45) is 0. The van der Waals surface area contributed by atoms with Gasteiger partial charge in [-0.05, 0) is 11.1 Å². The summed E-state index contributed by atoms with van der Waals surface area (Å²) < 4.78 is 22.7. The predicted octanol–water partition coefficient (Wildman–Crippen LogP) is 2.15. The van der Waals surface area contributed by atoms with Crippen LogP contribution in [0.2, 0.25) is 0 Å². The number of benzene rings is 2. The van der Waals surface area contributed by atoms with Crippen LogP contribution in [0.15, 0.2) is 60.7 Å². The molecule has 2 aromatic carbocycles. The lowest BCUT2D eigenvalue weighted by Gasteiger charge is -2.24. The first-order chi connectivity index (χ1) is 9.18. The summed E-state index contributed by atoms with van der Waals surface area (Å²) in [5.74, 6) is 0. The first-order valence-corrected chi connectivity index (χ1v) is 7.01. The summed E-state index contributed by atoms with van der Waals surface area (Å²) in [6.45, 7) is 0. The molecule has 0 spiro atoms. The van der Waals surface area contributed by atoms with Gasteiger partial charge in [-0.3, -0.25) is 4.55 Å². The van der Waals surface area contributed by atoms with Crippen molar-refractivity contribution in [2.24, 2.45) is 5.73 Å². The largest absolute Gasteiger partial charge is 0.322 e. The Bertz CT molecular complexity index is 534. The topological polar surface area (TPSA) is 75.3 Å². The molecule has 0 radical (unpaired) electrons. The molecule has 0 saturated carbocycles. The highest BCUT2D eigenvalue weighted by Crippen LogP contribution is 2.26. The Labute approximate surface area is 115 Å². The molecule has 3 atom stereocenters. The molecule has 19 heavy (non-hydrogen) atoms. The Morgan fingerprint density at radius 1 is 0.947 bits per heavy atom. The molecular weight excluding hydrogens is 260 g/mol. The van der Waals surface area contributed by atoms with Crippen LogP contribution in [0.25, 0.3) is 0 Å². The van der Waals surface area contributed by atoms with Crippen molar-refractivity contribution in [3.05, 3.63) is 71.8 Å². The van der Waals surface area contributed by atoms with Crippen molar-refractivity contribution in [2.45, 2.75) is 12.1 Å². The minimum absolute atomic E-state index is 0.403. The Kier molecular flexibility index (Phi) is 4.81. The first-order valence-electron chi connectivity index (χ1n) is 5.91. The molecule has 0 aromatic heterocycles. The molecule has 0 bridgehead atoms. The van der Waals surface area contributed by atoms with E-state index >= 15 is 0 Å². The molecule has 0 aliphatic heterocycles. The molecule has 5 heteroatoms. The van der Waals surface area contributed by atoms with Gasteiger partial charge >= 0.3 is 0 Å². The fourth-order valence-electron chi connectivity index (χ4n) is 1.99. The van der Waals surface area contributed by atoms with Crippen LogP contribution in [0.1, 0.15) is 23.2 Å². The van der Waals surface area contributed by atoms with Gasteiger partial charge in [0.25, 0.3) is 0 Å². The Morgan fingerprint density at radius 2 is 1.42 bits per heavy atom. The molecule has 0 aliphatic carbocycles. The number of hydrogen-bond donors (Lipinski definition) is 3. The summed E-state index contributed by atoms with van der Waals surface area (Å²) in [4.78, 5) is 0. The predicted molar refractivity (Wildman–Crippen MR) is 76.5 cm³/mol. The van der Waals surface area contributed by atoms with Crippen molar-refractivity contribution in [3.8, 4) is 0 Å². The van der Waals surface area contributed by atoms with Crippen molar-refractivity contribution < 1.29 is 8.76 Å². The van der Waals surface area contributed by atoms with Crippen molar-refractivity contribution >= 4 is 11.3 Å². The lowest BCUT2D eigenvalue weighted by molar-refractivity contribution is 0.488. The SMILES string of the molecule is NC(c1ccccc1)C(NS(=O)O)c1ccccc1. The van der Waals surface area contributed by atoms with Gasteiger partial charge in [-0.1, -0.05) is 60.7 Å². The molecule has 0 fully saturated rings. The quantitative estimate of drug-likeness (QED) is 0.732. The number of nitrogens with one attached hydrogen (secondary N) is 1. The van der Waals surface area contributed by atoms with Gasteiger partial charge in [-0.25, -0.2) is 8.93 Å². The summed E-state index contributed by atoms with van der Waals surface area (Å²) in [6, 6.07) is 18.1. The maximum Gasteiger partial charge on any atom is 0.232 e. The zero-order valence-corrected chi connectivity index (χ0v) is 11.1. The number of nitrogens with two attached hydrogens (primary N) is 1. The lowest BCUT2D eigenvalue weighted by Crippen LogP contribution is -2.32. The highest BCUT2D eigenvalue weighted by Gasteiger charge is 2.22. The smallest absolute Gasteiger partial charge is 0.232 e. The molecule has 4 N–H and O–H groups in total. The average molecular weight is 276 g/mol. The third-order valence-corrected chi connectivity index (χ3v) is 3.39. The van der Waals surface area contributed by atoms with E-state index in [4.69, 9.17) is 10.3 Å². The van der Waals surface area contributed by atoms with Gasteiger partial charge in [-0.15, -0.1) is 0 Å². The summed E-state index contributed by atoms with van der Waals surface area (Å²) in [7, 11) is 0. The fourth-order valence-corrected chi connectivity index (χ4v) is 2.49. The van der Waals surface area contributed by atoms with Gasteiger partial charge < -0.3 is 5.73 Å². The number of hydrogen-bond acceptors (Lipinski definition) is 2. The van der Waals surface area contributed by atoms with E-state index in [-0.39, 0.29) is 0 Å². The van der Waals surface area contributed by atoms with Crippen LogP contribution in [-0.4, -0.2) is 8.76 Å². The Hall–Kier alpha value is -1.53. The van der Waals surface area contributed by atoms with E-state index in [1.54, 1.807) is 0 Å². The van der Waals surface area contributed by atoms with Crippen molar-refractivity contribution in [1.82, 2.24) is 4.72 Å². The van der Waals surface area contributed by atoms with Gasteiger partial charge in [-0.2, -0.15) is 0 Å². The molecule has 0 aliphatic rings. The van der Waals surface area contributed by atoms with Gasteiger partial charge in [0.1, 0.15) is 0 Å². The Morgan fingerprint density at radius 3 is 1.89 bits per heavy atom. The lowest BCUT2D eigenvalue weighted by atomic mass is 9.95. The van der Waals surface area contributed by atoms with Crippen molar-refractivity contribution in [3.63, 3.8) is 0 Å². The maximum atomic E-state index is 11.1. The molecule has 0 heterocycles. The van der Waals surface area contributed by atoms with Crippen LogP contribution in [0.5, 0.6) is 0 Å². The molecule has 2 aromatic rings. The van der Waals surface area contributed by atoms with Crippen molar-refractivity contribution in [1.29, 1.82) is 0 Å². The normalized spacial score (nSPS) is 15.7. The fraction of sp³-hybridized carbons (Fsp3) is 0.143. The standard InChI is InChI=1S/C14H16N2O2S/c15-13(11-7-3-1-4-8-11)14(16-19(17)18)12-9-5-2-6-10-12/h1-10,13-14,16H,15H2,(H,17,18). The van der Waals surface area contributed by atoms with E-state index in [1.807, 2.05) is 60.7 Å². The third kappa shape index (κ3) is 3.71. The van der Waals surface area contributed by atoms with E-state index in [1.165, 1.54) is 0 Å². The maximum absolute atomic E-state index is 11.1. The monoisotopic (exact) mass is 276 g/mol. The summed E-state index contributed by atoms with van der Waals surface area (Å²) >= 11 is -2.12. The van der Waals surface area contributed by atoms with E-state index in [0.29, 0.717) is 0 Å². The van der Waals surface area contributed by atoms with Crippen LogP contribution in [0, 0.1) is 0 Å². The first kappa shape index (κ1) is 13.9. The summed E-state index contributed by atoms with van der Waals surface area (Å²) in [5, 5.41) is 0. The molecule has 0 amide bonds. The zero-order chi connectivity index (χ0) is 13.7. The summed E-state index contributed by atoms with van der Waals surface area (Å²) in [5.41, 5.74) is 8.00. The van der Waals surface area contributed by atoms with Crippen LogP contribution < -0.4 is 10.5 Å². The second kappa shape index (κ2) is 6.58. The highest BCUT2D eigenvalue weighted by molar-refractivity contribution is 7.77. The molecule has 0 saturated heterocycles. The van der Waals surface area contributed by atoms with E-state index in [0.717, 1.165) is 11.1 Å². The molecule has 4 nitrogen and oxygen atoms in total. The highest BCUT2D eigenvalue weighted by atomic mass is 32.2. The van der Waals surface area contributed by atoms with Crippen LogP contribution in [0.4, 0.5) is 0 Å². The minimum Gasteiger partial charge on any atom is -0.322 e. The Balaban J connectivity index is 2.30. The van der Waals surface area contributed by atoms with E-state index in [2.05, 4.69) is 4.72 Å². The number of rotatable bonds is 5. The van der Waals surface area contributed by atoms with Gasteiger partial charge in [0.2, 0.25) is 11.3 Å². The molecule has 100 valence electrons. The van der Waals surface area contributed by atoms with E-state index in [9.17, 15) is 4.21 Å². The molecule has 3 unspecified atom stereocenters. The van der Waals surface area contributed by atoms with Crippen LogP contribution in [0.3, 0.4) is 0 Å². The van der Waals surface area contributed by atoms with E-state index < -0.39 is 23.4 Å². The van der Waals surface area contributed by atoms with Crippen molar-refractivity contribution in [2.75, 3.05) is 0 Å².